The van der Waals surface area contributed by atoms with E-state index >= 15 is 0 Å². The maximum Gasteiger partial charge on any atom is 0.254 e. The van der Waals surface area contributed by atoms with E-state index in [2.05, 4.69) is 4.90 Å². The minimum absolute atomic E-state index is 0.0167. The average molecular weight is 438 g/mol. The molecule has 0 aliphatic carbocycles. The van der Waals surface area contributed by atoms with Gasteiger partial charge in [0.2, 0.25) is 5.91 Å². The first-order valence-corrected chi connectivity index (χ1v) is 11.3. The topological polar surface area (TPSA) is 43.9 Å². The van der Waals surface area contributed by atoms with E-state index in [1.165, 1.54) is 12.1 Å². The van der Waals surface area contributed by atoms with E-state index in [1.54, 1.807) is 19.0 Å². The van der Waals surface area contributed by atoms with Gasteiger partial charge in [-0.2, -0.15) is 0 Å². The highest BCUT2D eigenvalue weighted by Gasteiger charge is 2.56. The number of rotatable bonds is 4. The second-order valence-electron chi connectivity index (χ2n) is 9.53. The van der Waals surface area contributed by atoms with Crippen LogP contribution in [0.1, 0.15) is 54.1 Å². The van der Waals surface area contributed by atoms with Crippen LogP contribution in [0.25, 0.3) is 0 Å². The van der Waals surface area contributed by atoms with Crippen LogP contribution >= 0.6 is 0 Å². The summed E-state index contributed by atoms with van der Waals surface area (Å²) < 4.78 is 13.3. The lowest BCUT2D eigenvalue weighted by atomic mass is 9.66. The molecule has 0 N–H and O–H groups in total. The lowest BCUT2D eigenvalue weighted by molar-refractivity contribution is -0.136. The van der Waals surface area contributed by atoms with Gasteiger partial charge in [0.15, 0.2) is 0 Å². The standard InChI is InChI=1S/C26H32FN3O2/c1-18(2)30-24(31)22-8-6-5-7-21(22)23(25(32)28(3)4)26(30)13-15-29(16-14-26)17-19-9-11-20(27)12-10-19/h5-12,18,23H,13-17H2,1-4H3. The normalized spacial score (nSPS) is 20.5. The first-order chi connectivity index (χ1) is 15.2. The molecular weight excluding hydrogens is 405 g/mol. The third-order valence-corrected chi connectivity index (χ3v) is 6.98. The number of piperidine rings is 1. The number of halogens is 1. The van der Waals surface area contributed by atoms with Crippen LogP contribution in [-0.2, 0) is 11.3 Å². The molecule has 1 saturated heterocycles. The first-order valence-electron chi connectivity index (χ1n) is 11.3. The molecule has 2 heterocycles. The van der Waals surface area contributed by atoms with Gasteiger partial charge in [0.1, 0.15) is 5.82 Å². The highest BCUT2D eigenvalue weighted by atomic mass is 19.1. The quantitative estimate of drug-likeness (QED) is 0.729. The highest BCUT2D eigenvalue weighted by Crippen LogP contribution is 2.48. The number of benzene rings is 2. The fourth-order valence-corrected chi connectivity index (χ4v) is 5.55. The molecule has 1 unspecified atom stereocenters. The summed E-state index contributed by atoms with van der Waals surface area (Å²) in [6.45, 7) is 6.35. The number of carbonyl (C=O) groups is 2. The van der Waals surface area contributed by atoms with E-state index in [1.807, 2.05) is 55.1 Å². The molecule has 2 amide bonds. The molecule has 0 saturated carbocycles. The third kappa shape index (κ3) is 3.81. The van der Waals surface area contributed by atoms with Crippen molar-refractivity contribution >= 4 is 11.8 Å². The van der Waals surface area contributed by atoms with E-state index in [-0.39, 0.29) is 29.6 Å². The zero-order valence-electron chi connectivity index (χ0n) is 19.3. The van der Waals surface area contributed by atoms with Crippen molar-refractivity contribution in [3.63, 3.8) is 0 Å². The van der Waals surface area contributed by atoms with Crippen LogP contribution in [0.2, 0.25) is 0 Å². The van der Waals surface area contributed by atoms with Gasteiger partial charge >= 0.3 is 0 Å². The maximum absolute atomic E-state index is 13.6. The van der Waals surface area contributed by atoms with Crippen molar-refractivity contribution < 1.29 is 14.0 Å². The average Bonchev–Trinajstić information content (AvgIpc) is 2.76. The van der Waals surface area contributed by atoms with E-state index in [0.29, 0.717) is 5.56 Å². The number of likely N-dealkylation sites (N-methyl/N-ethyl adjacent to an activating group) is 1. The van der Waals surface area contributed by atoms with Gasteiger partial charge in [-0.15, -0.1) is 0 Å². The second-order valence-corrected chi connectivity index (χ2v) is 9.53. The van der Waals surface area contributed by atoms with Gasteiger partial charge in [-0.05, 0) is 56.0 Å². The molecule has 0 bridgehead atoms. The van der Waals surface area contributed by atoms with Crippen LogP contribution < -0.4 is 0 Å². The van der Waals surface area contributed by atoms with Crippen molar-refractivity contribution in [1.82, 2.24) is 14.7 Å². The van der Waals surface area contributed by atoms with Gasteiger partial charge in [-0.1, -0.05) is 30.3 Å². The SMILES string of the molecule is CC(C)N1C(=O)c2ccccc2C(C(=O)N(C)C)C12CCN(Cc1ccc(F)cc1)CC2. The summed E-state index contributed by atoms with van der Waals surface area (Å²) in [6, 6.07) is 14.2. The Bertz CT molecular complexity index is 994. The smallest absolute Gasteiger partial charge is 0.254 e. The Hall–Kier alpha value is -2.73. The molecule has 2 aromatic rings. The Morgan fingerprint density at radius 1 is 1.09 bits per heavy atom. The molecule has 4 rings (SSSR count). The van der Waals surface area contributed by atoms with Gasteiger partial charge in [-0.25, -0.2) is 4.39 Å². The van der Waals surface area contributed by atoms with Crippen LogP contribution in [0, 0.1) is 5.82 Å². The lowest BCUT2D eigenvalue weighted by Gasteiger charge is -2.57. The van der Waals surface area contributed by atoms with Crippen molar-refractivity contribution in [3.05, 3.63) is 71.0 Å². The van der Waals surface area contributed by atoms with E-state index in [0.717, 1.165) is 43.6 Å². The van der Waals surface area contributed by atoms with Crippen molar-refractivity contribution in [1.29, 1.82) is 0 Å². The number of hydrogen-bond acceptors (Lipinski definition) is 3. The largest absolute Gasteiger partial charge is 0.348 e. The molecule has 1 fully saturated rings. The van der Waals surface area contributed by atoms with Crippen LogP contribution in [0.4, 0.5) is 4.39 Å². The zero-order valence-corrected chi connectivity index (χ0v) is 19.3. The summed E-state index contributed by atoms with van der Waals surface area (Å²) >= 11 is 0. The molecule has 0 radical (unpaired) electrons. The summed E-state index contributed by atoms with van der Waals surface area (Å²) in [6.07, 6.45) is 1.44. The second kappa shape index (κ2) is 8.66. The number of amides is 2. The maximum atomic E-state index is 13.6. The van der Waals surface area contributed by atoms with Crippen molar-refractivity contribution in [2.75, 3.05) is 27.2 Å². The summed E-state index contributed by atoms with van der Waals surface area (Å²) in [5, 5.41) is 0. The summed E-state index contributed by atoms with van der Waals surface area (Å²) in [5.41, 5.74) is 2.00. The minimum Gasteiger partial charge on any atom is -0.348 e. The molecule has 6 heteroatoms. The molecule has 0 aromatic heterocycles. The van der Waals surface area contributed by atoms with Gasteiger partial charge in [0.05, 0.1) is 11.5 Å². The zero-order chi connectivity index (χ0) is 23.0. The van der Waals surface area contributed by atoms with Crippen molar-refractivity contribution in [2.24, 2.45) is 0 Å². The minimum atomic E-state index is -0.555. The van der Waals surface area contributed by atoms with E-state index in [4.69, 9.17) is 0 Å². The van der Waals surface area contributed by atoms with Crippen molar-refractivity contribution in [2.45, 2.75) is 50.7 Å². The highest BCUT2D eigenvalue weighted by molar-refractivity contribution is 6.02. The fourth-order valence-electron chi connectivity index (χ4n) is 5.55. The van der Waals surface area contributed by atoms with Gasteiger partial charge < -0.3 is 9.80 Å². The molecule has 32 heavy (non-hydrogen) atoms. The van der Waals surface area contributed by atoms with Crippen LogP contribution in [0.15, 0.2) is 48.5 Å². The summed E-state index contributed by atoms with van der Waals surface area (Å²) in [4.78, 5) is 33.1. The molecule has 2 aliphatic rings. The molecule has 5 nitrogen and oxygen atoms in total. The Balaban J connectivity index is 1.70. The number of nitrogens with zero attached hydrogens (tertiary/aromatic N) is 3. The van der Waals surface area contributed by atoms with Crippen LogP contribution in [-0.4, -0.2) is 65.3 Å². The number of hydrogen-bond donors (Lipinski definition) is 0. The first kappa shape index (κ1) is 22.5. The van der Waals surface area contributed by atoms with Gasteiger partial charge in [0, 0.05) is 45.3 Å². The predicted octanol–water partition coefficient (Wildman–Crippen LogP) is 3.90. The molecule has 170 valence electrons. The summed E-state index contributed by atoms with van der Waals surface area (Å²) in [7, 11) is 3.58. The Morgan fingerprint density at radius 2 is 1.72 bits per heavy atom. The predicted molar refractivity (Wildman–Crippen MR) is 123 cm³/mol. The molecule has 2 aliphatic heterocycles. The van der Waals surface area contributed by atoms with Gasteiger partial charge in [-0.3, -0.25) is 14.5 Å². The number of carbonyl (C=O) groups excluding carboxylic acids is 2. The number of likely N-dealkylation sites (tertiary alicyclic amines) is 1. The van der Waals surface area contributed by atoms with E-state index < -0.39 is 5.54 Å². The fraction of sp³-hybridized carbons (Fsp3) is 0.462. The van der Waals surface area contributed by atoms with Crippen LogP contribution in [0.5, 0.6) is 0 Å². The number of fused-ring (bicyclic) bond motifs is 1. The summed E-state index contributed by atoms with van der Waals surface area (Å²) in [5.74, 6) is -0.557. The lowest BCUT2D eigenvalue weighted by Crippen LogP contribution is -2.66. The third-order valence-electron chi connectivity index (χ3n) is 6.98. The van der Waals surface area contributed by atoms with E-state index in [9.17, 15) is 14.0 Å². The van der Waals surface area contributed by atoms with Gasteiger partial charge in [0.25, 0.3) is 5.91 Å². The van der Waals surface area contributed by atoms with Crippen LogP contribution in [0.3, 0.4) is 0 Å². The Kier molecular flexibility index (Phi) is 6.08. The molecule has 1 spiro atoms. The molecule has 1 atom stereocenters. The Morgan fingerprint density at radius 3 is 2.31 bits per heavy atom. The molecular formula is C26H32FN3O2. The Labute approximate surface area is 189 Å². The molecule has 2 aromatic carbocycles. The van der Waals surface area contributed by atoms with Crippen molar-refractivity contribution in [3.8, 4) is 0 Å². The monoisotopic (exact) mass is 437 g/mol.